The Balaban J connectivity index is 0.00000118. The van der Waals surface area contributed by atoms with Crippen molar-refractivity contribution in [3.05, 3.63) is 29.8 Å². The minimum Gasteiger partial charge on any atom is -0.369 e. The van der Waals surface area contributed by atoms with E-state index in [0.29, 0.717) is 10.6 Å². The number of hydrogen-bond acceptors (Lipinski definition) is 6. The van der Waals surface area contributed by atoms with E-state index in [1.807, 2.05) is 12.1 Å². The number of rotatable bonds is 9. The zero-order chi connectivity index (χ0) is 26.1. The smallest absolute Gasteiger partial charge is 0.233 e. The maximum Gasteiger partial charge on any atom is 0.233 e. The summed E-state index contributed by atoms with van der Waals surface area (Å²) in [5.74, 6) is -0.363. The van der Waals surface area contributed by atoms with E-state index < -0.39 is 11.8 Å². The molecule has 1 aromatic rings. The minimum absolute atomic E-state index is 0.121. The molecular weight excluding hydrogens is 432 g/mol. The monoisotopic (exact) mass is 478 g/mol. The summed E-state index contributed by atoms with van der Waals surface area (Å²) in [6.45, 7) is 16.1. The van der Waals surface area contributed by atoms with Crippen LogP contribution in [0.3, 0.4) is 0 Å². The van der Waals surface area contributed by atoms with Gasteiger partial charge in [0.25, 0.3) is 0 Å². The molecule has 1 aliphatic rings. The number of likely N-dealkylation sites (N-methyl/N-ethyl adjacent to an activating group) is 1. The van der Waals surface area contributed by atoms with Crippen molar-refractivity contribution in [2.75, 3.05) is 51.2 Å². The van der Waals surface area contributed by atoms with Crippen LogP contribution in [0.1, 0.15) is 64.7 Å². The molecule has 0 saturated carbocycles. The molecule has 1 atom stereocenters. The number of benzene rings is 1. The fraction of sp³-hybridized carbons (Fsp3) is 0.654. The van der Waals surface area contributed by atoms with Gasteiger partial charge in [-0.3, -0.25) is 19.6 Å². The highest BCUT2D eigenvalue weighted by atomic mass is 16.5. The molecule has 0 spiro atoms. The quantitative estimate of drug-likeness (QED) is 0.243. The van der Waals surface area contributed by atoms with E-state index in [2.05, 4.69) is 56.8 Å². The van der Waals surface area contributed by atoms with Crippen LogP contribution in [0.2, 0.25) is 0 Å². The van der Waals surface area contributed by atoms with E-state index in [1.165, 1.54) is 12.8 Å². The van der Waals surface area contributed by atoms with Crippen LogP contribution in [-0.4, -0.2) is 79.6 Å². The summed E-state index contributed by atoms with van der Waals surface area (Å²) in [5.41, 5.74) is 1.62. The second-order valence-electron chi connectivity index (χ2n) is 9.34. The highest BCUT2D eigenvalue weighted by Crippen LogP contribution is 2.17. The molecule has 2 rings (SSSR count). The summed E-state index contributed by atoms with van der Waals surface area (Å²) in [4.78, 5) is 39.0. The number of nitrogens with one attached hydrogen (secondary N) is 1. The van der Waals surface area contributed by atoms with Crippen LogP contribution in [0.25, 0.3) is 0 Å². The molecule has 0 aromatic heterocycles. The number of piperazine rings is 1. The Labute approximate surface area is 206 Å². The van der Waals surface area contributed by atoms with Crippen LogP contribution in [0, 0.1) is 11.8 Å². The van der Waals surface area contributed by atoms with Crippen molar-refractivity contribution in [3.63, 3.8) is 0 Å². The standard InChI is InChI=1S/C18H26N4O4.2C4H10/c1-14(12-22(26)13-23)18(25)19-11-17(24)15-3-5-16(6-4-15)21-9-7-20(2)8-10-21;1-4(2)3;1-3-4-2/h3-6,13-14,26H,7-12H2,1-2H3,(H,19,25);4H,1-3H3;3-4H2,1-2H3. The van der Waals surface area contributed by atoms with Crippen molar-refractivity contribution >= 4 is 23.8 Å². The van der Waals surface area contributed by atoms with Crippen molar-refractivity contribution in [1.29, 1.82) is 0 Å². The molecule has 1 aromatic carbocycles. The van der Waals surface area contributed by atoms with Crippen LogP contribution >= 0.6 is 0 Å². The van der Waals surface area contributed by atoms with Gasteiger partial charge in [0.05, 0.1) is 19.0 Å². The first-order valence-electron chi connectivity index (χ1n) is 12.3. The van der Waals surface area contributed by atoms with Crippen molar-refractivity contribution in [2.45, 2.75) is 54.4 Å². The van der Waals surface area contributed by atoms with Gasteiger partial charge in [-0.15, -0.1) is 0 Å². The van der Waals surface area contributed by atoms with E-state index in [0.717, 1.165) is 37.8 Å². The van der Waals surface area contributed by atoms with E-state index in [-0.39, 0.29) is 25.3 Å². The molecule has 1 heterocycles. The second kappa shape index (κ2) is 18.0. The second-order valence-corrected chi connectivity index (χ2v) is 9.34. The lowest BCUT2D eigenvalue weighted by atomic mass is 10.1. The SMILES string of the molecule is CC(C)C.CC(CN(O)C=O)C(=O)NCC(=O)c1ccc(N2CCN(C)CC2)cc1.CCCC. The maximum atomic E-state index is 12.2. The maximum absolute atomic E-state index is 12.2. The third kappa shape index (κ3) is 14.0. The average molecular weight is 479 g/mol. The Morgan fingerprint density at radius 1 is 1.03 bits per heavy atom. The third-order valence-corrected chi connectivity index (χ3v) is 5.01. The average Bonchev–Trinajstić information content (AvgIpc) is 2.82. The number of ketones is 1. The predicted molar refractivity (Wildman–Crippen MR) is 138 cm³/mol. The largest absolute Gasteiger partial charge is 0.369 e. The molecule has 1 aliphatic heterocycles. The van der Waals surface area contributed by atoms with Gasteiger partial charge in [0, 0.05) is 37.4 Å². The molecular formula is C26H46N4O4. The topological polar surface area (TPSA) is 93.2 Å². The Kier molecular flexibility index (Phi) is 16.7. The molecule has 34 heavy (non-hydrogen) atoms. The van der Waals surface area contributed by atoms with Crippen molar-refractivity contribution < 1.29 is 19.6 Å². The molecule has 2 N–H and O–H groups in total. The van der Waals surface area contributed by atoms with Gasteiger partial charge in [-0.1, -0.05) is 54.4 Å². The van der Waals surface area contributed by atoms with E-state index in [1.54, 1.807) is 19.1 Å². The molecule has 1 saturated heterocycles. The summed E-state index contributed by atoms with van der Waals surface area (Å²) in [6, 6.07) is 7.40. The summed E-state index contributed by atoms with van der Waals surface area (Å²) in [5, 5.41) is 12.0. The van der Waals surface area contributed by atoms with Gasteiger partial charge in [-0.05, 0) is 37.2 Å². The summed E-state index contributed by atoms with van der Waals surface area (Å²) in [6.07, 6.45) is 2.87. The lowest BCUT2D eigenvalue weighted by Crippen LogP contribution is -2.44. The van der Waals surface area contributed by atoms with Crippen LogP contribution < -0.4 is 10.2 Å². The molecule has 0 bridgehead atoms. The van der Waals surface area contributed by atoms with Crippen LogP contribution in [0.5, 0.6) is 0 Å². The Morgan fingerprint density at radius 2 is 1.53 bits per heavy atom. The molecule has 0 aliphatic carbocycles. The Bertz CT molecular complexity index is 697. The van der Waals surface area contributed by atoms with Gasteiger partial charge in [-0.25, -0.2) is 5.06 Å². The molecule has 8 heteroatoms. The fourth-order valence-corrected chi connectivity index (χ4v) is 2.77. The predicted octanol–water partition coefficient (Wildman–Crippen LogP) is 3.69. The lowest BCUT2D eigenvalue weighted by Gasteiger charge is -2.34. The first-order chi connectivity index (χ1) is 16.0. The number of nitrogens with zero attached hydrogens (tertiary/aromatic N) is 3. The van der Waals surface area contributed by atoms with Gasteiger partial charge in [0.1, 0.15) is 0 Å². The van der Waals surface area contributed by atoms with Crippen molar-refractivity contribution in [3.8, 4) is 0 Å². The number of carbonyl (C=O) groups excluding carboxylic acids is 3. The van der Waals surface area contributed by atoms with Gasteiger partial charge in [0.2, 0.25) is 12.3 Å². The Hall–Kier alpha value is -2.45. The van der Waals surface area contributed by atoms with Gasteiger partial charge < -0.3 is 15.1 Å². The first kappa shape index (κ1) is 31.6. The molecule has 194 valence electrons. The number of hydrogen-bond donors (Lipinski definition) is 2. The number of hydroxylamine groups is 2. The van der Waals surface area contributed by atoms with E-state index >= 15 is 0 Å². The zero-order valence-corrected chi connectivity index (χ0v) is 22.2. The van der Waals surface area contributed by atoms with Crippen molar-refractivity contribution in [1.82, 2.24) is 15.3 Å². The van der Waals surface area contributed by atoms with Crippen LogP contribution in [0.15, 0.2) is 24.3 Å². The number of anilines is 1. The molecule has 0 radical (unpaired) electrons. The zero-order valence-electron chi connectivity index (χ0n) is 22.2. The third-order valence-electron chi connectivity index (χ3n) is 5.01. The summed E-state index contributed by atoms with van der Waals surface area (Å²) >= 11 is 0. The Morgan fingerprint density at radius 3 is 1.97 bits per heavy atom. The molecule has 1 fully saturated rings. The fourth-order valence-electron chi connectivity index (χ4n) is 2.77. The van der Waals surface area contributed by atoms with Crippen LogP contribution in [0.4, 0.5) is 5.69 Å². The molecule has 2 amide bonds. The highest BCUT2D eigenvalue weighted by molar-refractivity contribution is 5.99. The van der Waals surface area contributed by atoms with E-state index in [9.17, 15) is 14.4 Å². The highest BCUT2D eigenvalue weighted by Gasteiger charge is 2.18. The van der Waals surface area contributed by atoms with Gasteiger partial charge >= 0.3 is 0 Å². The van der Waals surface area contributed by atoms with Crippen molar-refractivity contribution in [2.24, 2.45) is 11.8 Å². The number of Topliss-reactive ketones (excluding diaryl/α,β-unsaturated/α-hetero) is 1. The normalized spacial score (nSPS) is 14.2. The summed E-state index contributed by atoms with van der Waals surface area (Å²) < 4.78 is 0. The van der Waals surface area contributed by atoms with Gasteiger partial charge in [0.15, 0.2) is 5.78 Å². The minimum atomic E-state index is -0.613. The summed E-state index contributed by atoms with van der Waals surface area (Å²) in [7, 11) is 2.10. The van der Waals surface area contributed by atoms with E-state index in [4.69, 9.17) is 5.21 Å². The number of amides is 2. The lowest BCUT2D eigenvalue weighted by molar-refractivity contribution is -0.153. The molecule has 8 nitrogen and oxygen atoms in total. The number of carbonyl (C=O) groups is 3. The first-order valence-corrected chi connectivity index (χ1v) is 12.3. The molecule has 1 unspecified atom stereocenters. The van der Waals surface area contributed by atoms with Crippen LogP contribution in [-0.2, 0) is 9.59 Å². The van der Waals surface area contributed by atoms with Gasteiger partial charge in [-0.2, -0.15) is 0 Å². The number of unbranched alkanes of at least 4 members (excludes halogenated alkanes) is 1.